The van der Waals surface area contributed by atoms with Gasteiger partial charge in [0.25, 0.3) is 0 Å². The van der Waals surface area contributed by atoms with E-state index in [2.05, 4.69) is 12.2 Å². The number of fused-ring (bicyclic) bond motifs is 3. The first kappa shape index (κ1) is 11.7. The van der Waals surface area contributed by atoms with Crippen molar-refractivity contribution in [2.75, 3.05) is 11.6 Å². The van der Waals surface area contributed by atoms with Crippen LogP contribution in [0.15, 0.2) is 23.1 Å². The average Bonchev–Trinajstić information content (AvgIpc) is 2.91. The van der Waals surface area contributed by atoms with Crippen molar-refractivity contribution in [1.82, 2.24) is 0 Å². The van der Waals surface area contributed by atoms with E-state index in [0.717, 1.165) is 11.3 Å². The average molecular weight is 265 g/mol. The van der Waals surface area contributed by atoms with Crippen molar-refractivity contribution in [3.8, 4) is 0 Å². The summed E-state index contributed by atoms with van der Waals surface area (Å²) < 4.78 is 23.2. The normalized spacial score (nSPS) is 29.9. The van der Waals surface area contributed by atoms with Crippen molar-refractivity contribution >= 4 is 21.4 Å². The summed E-state index contributed by atoms with van der Waals surface area (Å²) in [4.78, 5) is 12.0. The van der Waals surface area contributed by atoms with Crippen LogP contribution in [0.4, 0.5) is 5.69 Å². The van der Waals surface area contributed by atoms with Crippen molar-refractivity contribution in [3.05, 3.63) is 23.8 Å². The number of nitrogens with one attached hydrogen (secondary N) is 1. The van der Waals surface area contributed by atoms with Gasteiger partial charge in [0, 0.05) is 18.4 Å². The second-order valence-electron chi connectivity index (χ2n) is 5.32. The molecule has 1 heterocycles. The van der Waals surface area contributed by atoms with E-state index in [4.69, 9.17) is 0 Å². The molecule has 1 fully saturated rings. The predicted octanol–water partition coefficient (Wildman–Crippen LogP) is 1.78. The van der Waals surface area contributed by atoms with Crippen molar-refractivity contribution in [1.29, 1.82) is 0 Å². The minimum absolute atomic E-state index is 0.0280. The molecule has 0 radical (unpaired) electrons. The second-order valence-corrected chi connectivity index (χ2v) is 7.34. The Morgan fingerprint density at radius 2 is 2.06 bits per heavy atom. The zero-order chi connectivity index (χ0) is 13.1. The number of sulfone groups is 1. The standard InChI is InChI=1S/C13H15NO3S/c1-7-9-6-12(15)14-11-4-3-8(18(2,16)17)5-10(11)13(7)9/h3-5,7,9,13H,6H2,1-2H3,(H,14,15). The molecular formula is C13H15NO3S. The third-order valence-corrected chi connectivity index (χ3v) is 5.18. The molecule has 0 aromatic heterocycles. The Morgan fingerprint density at radius 3 is 2.72 bits per heavy atom. The molecule has 4 nitrogen and oxygen atoms in total. The van der Waals surface area contributed by atoms with Crippen LogP contribution in [0.25, 0.3) is 0 Å². The lowest BCUT2D eigenvalue weighted by Crippen LogP contribution is -2.12. The number of rotatable bonds is 1. The monoisotopic (exact) mass is 265 g/mol. The summed E-state index contributed by atoms with van der Waals surface area (Å²) in [5, 5.41) is 2.85. The van der Waals surface area contributed by atoms with Gasteiger partial charge in [-0.15, -0.1) is 0 Å². The molecule has 3 rings (SSSR count). The fraction of sp³-hybridized carbons (Fsp3) is 0.462. The summed E-state index contributed by atoms with van der Waals surface area (Å²) in [7, 11) is -3.20. The van der Waals surface area contributed by atoms with Crippen molar-refractivity contribution in [2.24, 2.45) is 11.8 Å². The largest absolute Gasteiger partial charge is 0.326 e. The van der Waals surface area contributed by atoms with Gasteiger partial charge in [-0.05, 0) is 41.5 Å². The summed E-state index contributed by atoms with van der Waals surface area (Å²) in [6.45, 7) is 2.12. The number of hydrogen-bond donors (Lipinski definition) is 1. The van der Waals surface area contributed by atoms with E-state index in [1.165, 1.54) is 6.26 Å². The molecule has 96 valence electrons. The summed E-state index contributed by atoms with van der Waals surface area (Å²) in [5.41, 5.74) is 1.74. The van der Waals surface area contributed by atoms with E-state index >= 15 is 0 Å². The number of benzene rings is 1. The molecule has 1 amide bonds. The maximum absolute atomic E-state index is 11.7. The van der Waals surface area contributed by atoms with Gasteiger partial charge < -0.3 is 5.32 Å². The Balaban J connectivity index is 2.13. The molecule has 1 aromatic rings. The maximum Gasteiger partial charge on any atom is 0.224 e. The highest BCUT2D eigenvalue weighted by molar-refractivity contribution is 7.90. The number of carbonyl (C=O) groups excluding carboxylic acids is 1. The molecule has 0 saturated heterocycles. The van der Waals surface area contributed by atoms with E-state index < -0.39 is 9.84 Å². The molecule has 0 spiro atoms. The molecule has 0 bridgehead atoms. The van der Waals surface area contributed by atoms with Crippen LogP contribution in [0, 0.1) is 11.8 Å². The third kappa shape index (κ3) is 1.73. The number of hydrogen-bond acceptors (Lipinski definition) is 3. The van der Waals surface area contributed by atoms with Crippen LogP contribution in [-0.4, -0.2) is 20.6 Å². The topological polar surface area (TPSA) is 63.2 Å². The first-order valence-electron chi connectivity index (χ1n) is 6.02. The Hall–Kier alpha value is -1.36. The van der Waals surface area contributed by atoms with Crippen LogP contribution in [0.2, 0.25) is 0 Å². The SMILES string of the molecule is CC1C2CC(=O)Nc3ccc(S(C)(=O)=O)cc3C12. The molecular weight excluding hydrogens is 250 g/mol. The van der Waals surface area contributed by atoms with Gasteiger partial charge in [-0.25, -0.2) is 8.42 Å². The summed E-state index contributed by atoms with van der Waals surface area (Å²) >= 11 is 0. The Kier molecular flexibility index (Phi) is 2.32. The molecule has 1 saturated carbocycles. The molecule has 1 N–H and O–H groups in total. The molecule has 1 aromatic carbocycles. The Labute approximate surface area is 106 Å². The van der Waals surface area contributed by atoms with Crippen molar-refractivity contribution in [3.63, 3.8) is 0 Å². The highest BCUT2D eigenvalue weighted by atomic mass is 32.2. The Bertz CT molecular complexity index is 636. The lowest BCUT2D eigenvalue weighted by Gasteiger charge is -2.10. The minimum Gasteiger partial charge on any atom is -0.326 e. The van der Waals surface area contributed by atoms with Crippen LogP contribution in [0.5, 0.6) is 0 Å². The molecule has 3 atom stereocenters. The van der Waals surface area contributed by atoms with Crippen LogP contribution in [0.3, 0.4) is 0 Å². The first-order valence-corrected chi connectivity index (χ1v) is 7.91. The van der Waals surface area contributed by atoms with Gasteiger partial charge in [0.1, 0.15) is 0 Å². The second kappa shape index (κ2) is 3.57. The molecule has 3 unspecified atom stereocenters. The van der Waals surface area contributed by atoms with Gasteiger partial charge >= 0.3 is 0 Å². The van der Waals surface area contributed by atoms with E-state index in [1.807, 2.05) is 0 Å². The van der Waals surface area contributed by atoms with E-state index in [0.29, 0.717) is 29.1 Å². The van der Waals surface area contributed by atoms with Crippen molar-refractivity contribution in [2.45, 2.75) is 24.2 Å². The zero-order valence-electron chi connectivity index (χ0n) is 10.3. The lowest BCUT2D eigenvalue weighted by molar-refractivity contribution is -0.116. The molecule has 5 heteroatoms. The van der Waals surface area contributed by atoms with Crippen LogP contribution in [0.1, 0.15) is 24.8 Å². The summed E-state index contributed by atoms with van der Waals surface area (Å²) in [6, 6.07) is 4.98. The highest BCUT2D eigenvalue weighted by Crippen LogP contribution is 2.58. The molecule has 1 aliphatic carbocycles. The third-order valence-electron chi connectivity index (χ3n) is 4.07. The Morgan fingerprint density at radius 1 is 1.33 bits per heavy atom. The van der Waals surface area contributed by atoms with E-state index in [-0.39, 0.29) is 5.91 Å². The van der Waals surface area contributed by atoms with Gasteiger partial charge in [0.2, 0.25) is 5.91 Å². The maximum atomic E-state index is 11.7. The summed E-state index contributed by atoms with van der Waals surface area (Å²) in [6.07, 6.45) is 1.74. The van der Waals surface area contributed by atoms with Crippen molar-refractivity contribution < 1.29 is 13.2 Å². The molecule has 2 aliphatic rings. The summed E-state index contributed by atoms with van der Waals surface area (Å²) in [5.74, 6) is 1.17. The van der Waals surface area contributed by atoms with E-state index in [1.54, 1.807) is 18.2 Å². The fourth-order valence-corrected chi connectivity index (χ4v) is 3.60. The van der Waals surface area contributed by atoms with Gasteiger partial charge in [-0.3, -0.25) is 4.79 Å². The molecule has 18 heavy (non-hydrogen) atoms. The van der Waals surface area contributed by atoms with Crippen LogP contribution >= 0.6 is 0 Å². The first-order chi connectivity index (χ1) is 8.38. The quantitative estimate of drug-likeness (QED) is 0.842. The molecule has 1 aliphatic heterocycles. The number of anilines is 1. The lowest BCUT2D eigenvalue weighted by atomic mass is 10.1. The van der Waals surface area contributed by atoms with E-state index in [9.17, 15) is 13.2 Å². The predicted molar refractivity (Wildman–Crippen MR) is 68.2 cm³/mol. The number of carbonyl (C=O) groups is 1. The number of amides is 1. The van der Waals surface area contributed by atoms with Crippen LogP contribution < -0.4 is 5.32 Å². The fourth-order valence-electron chi connectivity index (χ4n) is 2.95. The van der Waals surface area contributed by atoms with Crippen LogP contribution in [-0.2, 0) is 14.6 Å². The van der Waals surface area contributed by atoms with Gasteiger partial charge in [-0.2, -0.15) is 0 Å². The smallest absolute Gasteiger partial charge is 0.224 e. The van der Waals surface area contributed by atoms with Gasteiger partial charge in [0.05, 0.1) is 4.90 Å². The van der Waals surface area contributed by atoms with Gasteiger partial charge in [0.15, 0.2) is 9.84 Å². The highest BCUT2D eigenvalue weighted by Gasteiger charge is 2.50. The minimum atomic E-state index is -3.20. The van der Waals surface area contributed by atoms with Gasteiger partial charge in [-0.1, -0.05) is 6.92 Å². The zero-order valence-corrected chi connectivity index (χ0v) is 11.1.